The van der Waals surface area contributed by atoms with Crippen LogP contribution in [0.1, 0.15) is 0 Å². The van der Waals surface area contributed by atoms with E-state index in [4.69, 9.17) is 26.8 Å². The van der Waals surface area contributed by atoms with E-state index in [0.717, 1.165) is 0 Å². The first-order valence-electron chi connectivity index (χ1n) is 3.91. The lowest BCUT2D eigenvalue weighted by atomic mass is 10.3. The number of ether oxygens (including phenoxy) is 2. The van der Waals surface area contributed by atoms with E-state index >= 15 is 0 Å². The Bertz CT molecular complexity index is 315. The molecular weight excluding hydrogens is 192 g/mol. The molecule has 1 aromatic heterocycles. The molecule has 1 fully saturated rings. The molecule has 1 aliphatic rings. The molecule has 2 rings (SSSR count). The van der Waals surface area contributed by atoms with Gasteiger partial charge >= 0.3 is 0 Å². The third-order valence-electron chi connectivity index (χ3n) is 1.73. The van der Waals surface area contributed by atoms with Gasteiger partial charge in [0.2, 0.25) is 5.88 Å². The molecule has 2 heterocycles. The minimum atomic E-state index is 0.0796. The minimum absolute atomic E-state index is 0.0796. The molecule has 5 heteroatoms. The maximum absolute atomic E-state index is 5.68. The van der Waals surface area contributed by atoms with Crippen molar-refractivity contribution in [2.45, 2.75) is 6.10 Å². The van der Waals surface area contributed by atoms with Gasteiger partial charge in [-0.2, -0.15) is 0 Å². The summed E-state index contributed by atoms with van der Waals surface area (Å²) in [5.74, 6) is 0.428. The lowest BCUT2D eigenvalue weighted by Crippen LogP contribution is -2.38. The van der Waals surface area contributed by atoms with E-state index in [2.05, 4.69) is 4.98 Å². The van der Waals surface area contributed by atoms with Crippen LogP contribution in [0.15, 0.2) is 12.3 Å². The van der Waals surface area contributed by atoms with Crippen LogP contribution in [0, 0.1) is 0 Å². The van der Waals surface area contributed by atoms with Gasteiger partial charge in [-0.3, -0.25) is 0 Å². The van der Waals surface area contributed by atoms with Crippen LogP contribution >= 0.6 is 11.6 Å². The van der Waals surface area contributed by atoms with Crippen molar-refractivity contribution < 1.29 is 9.47 Å². The molecule has 0 radical (unpaired) electrons. The number of nitrogens with two attached hydrogens (primary N) is 1. The van der Waals surface area contributed by atoms with Gasteiger partial charge in [-0.15, -0.1) is 0 Å². The van der Waals surface area contributed by atoms with Crippen LogP contribution in [0.25, 0.3) is 0 Å². The van der Waals surface area contributed by atoms with Crippen molar-refractivity contribution >= 4 is 17.3 Å². The summed E-state index contributed by atoms with van der Waals surface area (Å²) in [6.07, 6.45) is 1.59. The monoisotopic (exact) mass is 200 g/mol. The number of aromatic nitrogens is 1. The molecule has 0 aromatic carbocycles. The zero-order chi connectivity index (χ0) is 9.26. The van der Waals surface area contributed by atoms with Gasteiger partial charge in [0.05, 0.1) is 23.9 Å². The average molecular weight is 201 g/mol. The lowest BCUT2D eigenvalue weighted by Gasteiger charge is -2.26. The first-order valence-corrected chi connectivity index (χ1v) is 4.29. The van der Waals surface area contributed by atoms with Crippen LogP contribution in [0.5, 0.6) is 5.88 Å². The number of halogens is 1. The fourth-order valence-electron chi connectivity index (χ4n) is 0.981. The summed E-state index contributed by atoms with van der Waals surface area (Å²) in [5.41, 5.74) is 6.09. The fourth-order valence-corrected chi connectivity index (χ4v) is 1.15. The second-order valence-electron chi connectivity index (χ2n) is 2.83. The Balaban J connectivity index is 2.10. The van der Waals surface area contributed by atoms with E-state index in [-0.39, 0.29) is 6.10 Å². The summed E-state index contributed by atoms with van der Waals surface area (Å²) in [6, 6.07) is 1.61. The Morgan fingerprint density at radius 3 is 2.92 bits per heavy atom. The van der Waals surface area contributed by atoms with Crippen molar-refractivity contribution in [2.24, 2.45) is 0 Å². The normalized spacial score (nSPS) is 16.7. The predicted octanol–water partition coefficient (Wildman–Crippen LogP) is 1.09. The van der Waals surface area contributed by atoms with E-state index in [1.54, 1.807) is 6.07 Å². The highest BCUT2D eigenvalue weighted by atomic mass is 35.5. The number of hydrogen-bond acceptors (Lipinski definition) is 4. The molecule has 2 N–H and O–H groups in total. The zero-order valence-corrected chi connectivity index (χ0v) is 7.62. The Hall–Kier alpha value is -1.00. The summed E-state index contributed by atoms with van der Waals surface area (Å²) >= 11 is 5.68. The fraction of sp³-hybridized carbons (Fsp3) is 0.375. The lowest BCUT2D eigenvalue weighted by molar-refractivity contribution is -0.0810. The molecule has 1 aromatic rings. The summed E-state index contributed by atoms with van der Waals surface area (Å²) in [5, 5.41) is 0.509. The summed E-state index contributed by atoms with van der Waals surface area (Å²) in [7, 11) is 0. The topological polar surface area (TPSA) is 57.4 Å². The number of nitrogen functional groups attached to an aromatic ring is 1. The van der Waals surface area contributed by atoms with Crippen LogP contribution in [0.2, 0.25) is 5.02 Å². The highest BCUT2D eigenvalue weighted by Gasteiger charge is 2.21. The second kappa shape index (κ2) is 3.40. The molecular formula is C8H9ClN2O2. The van der Waals surface area contributed by atoms with Gasteiger partial charge in [0.15, 0.2) is 0 Å². The molecule has 13 heavy (non-hydrogen) atoms. The number of nitrogens with zero attached hydrogens (tertiary/aromatic N) is 1. The van der Waals surface area contributed by atoms with Gasteiger partial charge in [-0.1, -0.05) is 11.6 Å². The van der Waals surface area contributed by atoms with E-state index in [1.165, 1.54) is 6.20 Å². The molecule has 0 saturated carbocycles. The van der Waals surface area contributed by atoms with E-state index < -0.39 is 0 Å². The summed E-state index contributed by atoms with van der Waals surface area (Å²) in [4.78, 5) is 3.96. The maximum atomic E-state index is 5.68. The second-order valence-corrected chi connectivity index (χ2v) is 3.26. The molecule has 70 valence electrons. The maximum Gasteiger partial charge on any atom is 0.237 e. The van der Waals surface area contributed by atoms with Gasteiger partial charge in [0.25, 0.3) is 0 Å². The molecule has 1 saturated heterocycles. The standard InChI is InChI=1S/C8H9ClN2O2/c9-5-1-7(10)8(11-2-5)13-6-3-12-4-6/h1-2,6H,3-4,10H2. The zero-order valence-electron chi connectivity index (χ0n) is 6.87. The smallest absolute Gasteiger partial charge is 0.237 e. The summed E-state index contributed by atoms with van der Waals surface area (Å²) < 4.78 is 10.4. The van der Waals surface area contributed by atoms with Crippen molar-refractivity contribution in [1.29, 1.82) is 0 Å². The molecule has 0 unspecified atom stereocenters. The SMILES string of the molecule is Nc1cc(Cl)cnc1OC1COC1. The van der Waals surface area contributed by atoms with Crippen molar-refractivity contribution in [3.05, 3.63) is 17.3 Å². The molecule has 4 nitrogen and oxygen atoms in total. The van der Waals surface area contributed by atoms with E-state index in [9.17, 15) is 0 Å². The van der Waals surface area contributed by atoms with Gasteiger partial charge < -0.3 is 15.2 Å². The Morgan fingerprint density at radius 1 is 1.62 bits per heavy atom. The molecule has 0 amide bonds. The van der Waals surface area contributed by atoms with Crippen LogP contribution < -0.4 is 10.5 Å². The number of anilines is 1. The minimum Gasteiger partial charge on any atom is -0.468 e. The van der Waals surface area contributed by atoms with Crippen LogP contribution in [-0.2, 0) is 4.74 Å². The van der Waals surface area contributed by atoms with Crippen LogP contribution in [-0.4, -0.2) is 24.3 Å². The predicted molar refractivity (Wildman–Crippen MR) is 48.9 cm³/mol. The van der Waals surface area contributed by atoms with Crippen LogP contribution in [0.3, 0.4) is 0 Å². The largest absolute Gasteiger partial charge is 0.468 e. The Morgan fingerprint density at radius 2 is 2.38 bits per heavy atom. The highest BCUT2D eigenvalue weighted by Crippen LogP contribution is 2.23. The first kappa shape index (κ1) is 8.59. The molecule has 0 aliphatic carbocycles. The van der Waals surface area contributed by atoms with Crippen LogP contribution in [0.4, 0.5) is 5.69 Å². The van der Waals surface area contributed by atoms with Crippen molar-refractivity contribution in [3.8, 4) is 5.88 Å². The van der Waals surface area contributed by atoms with Gasteiger partial charge in [-0.25, -0.2) is 4.98 Å². The van der Waals surface area contributed by atoms with Crippen molar-refractivity contribution in [1.82, 2.24) is 4.98 Å². The highest BCUT2D eigenvalue weighted by molar-refractivity contribution is 6.30. The third kappa shape index (κ3) is 1.84. The Labute approximate surface area is 80.6 Å². The molecule has 0 spiro atoms. The van der Waals surface area contributed by atoms with Gasteiger partial charge in [0.1, 0.15) is 6.10 Å². The molecule has 0 atom stereocenters. The van der Waals surface area contributed by atoms with E-state index in [1.807, 2.05) is 0 Å². The molecule has 0 bridgehead atoms. The number of hydrogen-bond donors (Lipinski definition) is 1. The molecule has 1 aliphatic heterocycles. The summed E-state index contributed by atoms with van der Waals surface area (Å²) in [6.45, 7) is 1.20. The Kier molecular flexibility index (Phi) is 2.24. The quantitative estimate of drug-likeness (QED) is 0.777. The average Bonchev–Trinajstić information content (AvgIpc) is 1.99. The van der Waals surface area contributed by atoms with Crippen molar-refractivity contribution in [3.63, 3.8) is 0 Å². The van der Waals surface area contributed by atoms with Crippen molar-refractivity contribution in [2.75, 3.05) is 18.9 Å². The first-order chi connectivity index (χ1) is 6.25. The number of rotatable bonds is 2. The third-order valence-corrected chi connectivity index (χ3v) is 1.94. The van der Waals surface area contributed by atoms with Gasteiger partial charge in [0, 0.05) is 6.20 Å². The van der Waals surface area contributed by atoms with E-state index in [0.29, 0.717) is 29.8 Å². The van der Waals surface area contributed by atoms with Gasteiger partial charge in [-0.05, 0) is 6.07 Å². The number of pyridine rings is 1.